The van der Waals surface area contributed by atoms with E-state index >= 15 is 0 Å². The fraction of sp³-hybridized carbons (Fsp3) is 0.455. The van der Waals surface area contributed by atoms with Crippen LogP contribution in [0.2, 0.25) is 0 Å². The quantitative estimate of drug-likeness (QED) is 0.748. The lowest BCUT2D eigenvalue weighted by Crippen LogP contribution is -2.35. The Labute approximate surface area is 95.7 Å². The topological polar surface area (TPSA) is 71.2 Å². The molecule has 1 heterocycles. The standard InChI is InChI=1S/C11H18N4O/c1-3-15(8-11(16)13-2)7-10-6-9(12)4-5-14-10/h4-6H,3,7-8H2,1-2H3,(H2,12,14)(H,13,16). The summed E-state index contributed by atoms with van der Waals surface area (Å²) in [7, 11) is 1.63. The highest BCUT2D eigenvalue weighted by molar-refractivity contribution is 5.77. The third-order valence-electron chi connectivity index (χ3n) is 2.32. The minimum atomic E-state index is 0.00533. The lowest BCUT2D eigenvalue weighted by molar-refractivity contribution is -0.121. The van der Waals surface area contributed by atoms with Crippen molar-refractivity contribution in [2.45, 2.75) is 13.5 Å². The molecule has 0 unspecified atom stereocenters. The van der Waals surface area contributed by atoms with Gasteiger partial charge in [0.05, 0.1) is 12.2 Å². The zero-order chi connectivity index (χ0) is 12.0. The van der Waals surface area contributed by atoms with Gasteiger partial charge in [-0.25, -0.2) is 0 Å². The van der Waals surface area contributed by atoms with Crippen LogP contribution in [0.15, 0.2) is 18.3 Å². The number of likely N-dealkylation sites (N-methyl/N-ethyl adjacent to an activating group) is 2. The Bertz CT molecular complexity index is 354. The number of amides is 1. The fourth-order valence-electron chi connectivity index (χ4n) is 1.37. The van der Waals surface area contributed by atoms with E-state index in [1.807, 2.05) is 17.9 Å². The molecular weight excluding hydrogens is 204 g/mol. The number of carbonyl (C=O) groups is 1. The molecule has 0 aliphatic heterocycles. The van der Waals surface area contributed by atoms with E-state index in [1.165, 1.54) is 0 Å². The zero-order valence-electron chi connectivity index (χ0n) is 9.73. The maximum absolute atomic E-state index is 11.2. The monoisotopic (exact) mass is 222 g/mol. The molecule has 3 N–H and O–H groups in total. The Hall–Kier alpha value is -1.62. The molecule has 1 rings (SSSR count). The number of rotatable bonds is 5. The summed E-state index contributed by atoms with van der Waals surface area (Å²) in [6.07, 6.45) is 1.68. The largest absolute Gasteiger partial charge is 0.399 e. The molecule has 0 aromatic carbocycles. The van der Waals surface area contributed by atoms with Gasteiger partial charge in [0.15, 0.2) is 0 Å². The van der Waals surface area contributed by atoms with E-state index in [9.17, 15) is 4.79 Å². The Kier molecular flexibility index (Phi) is 4.72. The molecule has 5 heteroatoms. The molecule has 0 saturated heterocycles. The number of aromatic nitrogens is 1. The first kappa shape index (κ1) is 12.4. The summed E-state index contributed by atoms with van der Waals surface area (Å²) in [5, 5.41) is 2.60. The maximum atomic E-state index is 11.2. The van der Waals surface area contributed by atoms with Crippen molar-refractivity contribution in [3.8, 4) is 0 Å². The smallest absolute Gasteiger partial charge is 0.233 e. The molecule has 0 bridgehead atoms. The van der Waals surface area contributed by atoms with Crippen LogP contribution in [0.5, 0.6) is 0 Å². The zero-order valence-corrected chi connectivity index (χ0v) is 9.73. The van der Waals surface area contributed by atoms with Crippen LogP contribution in [0, 0.1) is 0 Å². The van der Waals surface area contributed by atoms with Crippen LogP contribution in [-0.2, 0) is 11.3 Å². The minimum absolute atomic E-state index is 0.00533. The normalized spacial score (nSPS) is 10.4. The molecule has 1 amide bonds. The van der Waals surface area contributed by atoms with Gasteiger partial charge in [-0.3, -0.25) is 14.7 Å². The van der Waals surface area contributed by atoms with E-state index in [0.29, 0.717) is 18.8 Å². The Morgan fingerprint density at radius 1 is 1.62 bits per heavy atom. The Morgan fingerprint density at radius 2 is 2.38 bits per heavy atom. The number of hydrogen-bond acceptors (Lipinski definition) is 4. The number of nitrogens with one attached hydrogen (secondary N) is 1. The molecule has 0 aliphatic carbocycles. The van der Waals surface area contributed by atoms with Crippen molar-refractivity contribution in [3.05, 3.63) is 24.0 Å². The van der Waals surface area contributed by atoms with Gasteiger partial charge in [-0.05, 0) is 18.7 Å². The van der Waals surface area contributed by atoms with Crippen LogP contribution in [0.25, 0.3) is 0 Å². The third-order valence-corrected chi connectivity index (χ3v) is 2.32. The van der Waals surface area contributed by atoms with Crippen LogP contribution >= 0.6 is 0 Å². The van der Waals surface area contributed by atoms with Gasteiger partial charge in [0.1, 0.15) is 0 Å². The summed E-state index contributed by atoms with van der Waals surface area (Å²) in [5.74, 6) is 0.00533. The maximum Gasteiger partial charge on any atom is 0.233 e. The average Bonchev–Trinajstić information content (AvgIpc) is 2.28. The van der Waals surface area contributed by atoms with Crippen molar-refractivity contribution in [1.82, 2.24) is 15.2 Å². The van der Waals surface area contributed by atoms with E-state index in [1.54, 1.807) is 19.3 Å². The minimum Gasteiger partial charge on any atom is -0.399 e. The lowest BCUT2D eigenvalue weighted by Gasteiger charge is -2.18. The lowest BCUT2D eigenvalue weighted by atomic mass is 10.3. The number of nitrogens with two attached hydrogens (primary N) is 1. The van der Waals surface area contributed by atoms with Crippen molar-refractivity contribution >= 4 is 11.6 Å². The van der Waals surface area contributed by atoms with Crippen LogP contribution in [0.4, 0.5) is 5.69 Å². The first-order valence-electron chi connectivity index (χ1n) is 5.29. The number of carbonyl (C=O) groups excluding carboxylic acids is 1. The van der Waals surface area contributed by atoms with Crippen molar-refractivity contribution in [2.24, 2.45) is 0 Å². The molecule has 0 saturated carbocycles. The highest BCUT2D eigenvalue weighted by atomic mass is 16.1. The molecule has 0 spiro atoms. The van der Waals surface area contributed by atoms with Crippen LogP contribution in [0.3, 0.4) is 0 Å². The Balaban J connectivity index is 2.59. The molecule has 88 valence electrons. The summed E-state index contributed by atoms with van der Waals surface area (Å²) < 4.78 is 0. The van der Waals surface area contributed by atoms with Crippen molar-refractivity contribution < 1.29 is 4.79 Å². The molecular formula is C11H18N4O. The summed E-state index contributed by atoms with van der Waals surface area (Å²) in [4.78, 5) is 17.4. The fourth-order valence-corrected chi connectivity index (χ4v) is 1.37. The highest BCUT2D eigenvalue weighted by Crippen LogP contribution is 2.05. The van der Waals surface area contributed by atoms with E-state index in [2.05, 4.69) is 10.3 Å². The van der Waals surface area contributed by atoms with Crippen molar-refractivity contribution in [1.29, 1.82) is 0 Å². The van der Waals surface area contributed by atoms with Gasteiger partial charge in [0.25, 0.3) is 0 Å². The third kappa shape index (κ3) is 3.86. The van der Waals surface area contributed by atoms with Gasteiger partial charge in [-0.2, -0.15) is 0 Å². The second-order valence-electron chi connectivity index (χ2n) is 3.56. The van der Waals surface area contributed by atoms with E-state index in [-0.39, 0.29) is 5.91 Å². The molecule has 0 aliphatic rings. The number of nitrogens with zero attached hydrogens (tertiary/aromatic N) is 2. The number of hydrogen-bond donors (Lipinski definition) is 2. The van der Waals surface area contributed by atoms with Gasteiger partial charge in [-0.1, -0.05) is 6.92 Å². The molecule has 16 heavy (non-hydrogen) atoms. The van der Waals surface area contributed by atoms with Crippen molar-refractivity contribution in [3.63, 3.8) is 0 Å². The Morgan fingerprint density at radius 3 is 2.94 bits per heavy atom. The second kappa shape index (κ2) is 6.07. The van der Waals surface area contributed by atoms with E-state index in [4.69, 9.17) is 5.73 Å². The summed E-state index contributed by atoms with van der Waals surface area (Å²) in [6, 6.07) is 3.57. The predicted octanol–water partition coefficient (Wildman–Crippen LogP) is 0.232. The van der Waals surface area contributed by atoms with Gasteiger partial charge in [0.2, 0.25) is 5.91 Å². The number of nitrogen functional groups attached to an aromatic ring is 1. The number of pyridine rings is 1. The first-order chi connectivity index (χ1) is 7.65. The summed E-state index contributed by atoms with van der Waals surface area (Å²) >= 11 is 0. The molecule has 0 atom stereocenters. The predicted molar refractivity (Wildman–Crippen MR) is 63.7 cm³/mol. The molecule has 1 aromatic heterocycles. The summed E-state index contributed by atoms with van der Waals surface area (Å²) in [5.41, 5.74) is 7.24. The van der Waals surface area contributed by atoms with Crippen molar-refractivity contribution in [2.75, 3.05) is 25.9 Å². The molecule has 5 nitrogen and oxygen atoms in total. The molecule has 0 fully saturated rings. The average molecular weight is 222 g/mol. The molecule has 0 radical (unpaired) electrons. The number of anilines is 1. The van der Waals surface area contributed by atoms with Crippen LogP contribution < -0.4 is 11.1 Å². The van der Waals surface area contributed by atoms with E-state index in [0.717, 1.165) is 12.2 Å². The van der Waals surface area contributed by atoms with Gasteiger partial charge in [-0.15, -0.1) is 0 Å². The van der Waals surface area contributed by atoms with Gasteiger partial charge < -0.3 is 11.1 Å². The SMILES string of the molecule is CCN(CC(=O)NC)Cc1cc(N)ccn1. The highest BCUT2D eigenvalue weighted by Gasteiger charge is 2.08. The second-order valence-corrected chi connectivity index (χ2v) is 3.56. The van der Waals surface area contributed by atoms with Crippen LogP contribution in [0.1, 0.15) is 12.6 Å². The van der Waals surface area contributed by atoms with Crippen LogP contribution in [-0.4, -0.2) is 35.9 Å². The summed E-state index contributed by atoms with van der Waals surface area (Å²) in [6.45, 7) is 3.82. The van der Waals surface area contributed by atoms with E-state index < -0.39 is 0 Å². The van der Waals surface area contributed by atoms with Gasteiger partial charge in [0, 0.05) is 25.5 Å². The van der Waals surface area contributed by atoms with Gasteiger partial charge >= 0.3 is 0 Å². The molecule has 1 aromatic rings. The first-order valence-corrected chi connectivity index (χ1v) is 5.29.